The zero-order valence-electron chi connectivity index (χ0n) is 14.0. The average molecular weight is 376 g/mol. The molecular weight excluding hydrogens is 352 g/mol. The second kappa shape index (κ2) is 9.31. The van der Waals surface area contributed by atoms with Gasteiger partial charge in [-0.1, -0.05) is 12.1 Å². The Labute approximate surface area is 152 Å². The molecule has 1 aromatic carbocycles. The van der Waals surface area contributed by atoms with E-state index in [0.717, 1.165) is 45.7 Å². The number of ether oxygens (including phenoxy) is 1. The molecule has 0 aromatic heterocycles. The molecule has 5 nitrogen and oxygen atoms in total. The first-order chi connectivity index (χ1) is 11.6. The van der Waals surface area contributed by atoms with Crippen molar-refractivity contribution in [3.63, 3.8) is 0 Å². The minimum atomic E-state index is -2.85. The highest BCUT2D eigenvalue weighted by Crippen LogP contribution is 2.20. The number of halogens is 3. The van der Waals surface area contributed by atoms with Crippen molar-refractivity contribution in [1.82, 2.24) is 15.1 Å². The molecule has 8 heteroatoms. The van der Waals surface area contributed by atoms with Crippen LogP contribution in [0.4, 0.5) is 8.78 Å². The summed E-state index contributed by atoms with van der Waals surface area (Å²) in [5.74, 6) is 0.136. The highest BCUT2D eigenvalue weighted by molar-refractivity contribution is 5.85. The highest BCUT2D eigenvalue weighted by Gasteiger charge is 2.30. The van der Waals surface area contributed by atoms with Crippen LogP contribution >= 0.6 is 12.4 Å². The van der Waals surface area contributed by atoms with Crippen LogP contribution in [0.15, 0.2) is 24.3 Å². The molecule has 3 rings (SSSR count). The van der Waals surface area contributed by atoms with Gasteiger partial charge < -0.3 is 15.0 Å². The van der Waals surface area contributed by atoms with E-state index < -0.39 is 6.61 Å². The van der Waals surface area contributed by atoms with E-state index in [2.05, 4.69) is 15.0 Å². The van der Waals surface area contributed by atoms with Crippen molar-refractivity contribution in [3.8, 4) is 5.75 Å². The molecule has 0 aliphatic carbocycles. The predicted octanol–water partition coefficient (Wildman–Crippen LogP) is 1.76. The molecule has 1 amide bonds. The monoisotopic (exact) mass is 375 g/mol. The first-order valence-electron chi connectivity index (χ1n) is 8.38. The topological polar surface area (TPSA) is 44.8 Å². The van der Waals surface area contributed by atoms with E-state index in [1.54, 1.807) is 12.1 Å². The molecule has 0 radical (unpaired) electrons. The number of amides is 1. The van der Waals surface area contributed by atoms with Gasteiger partial charge in [-0.05, 0) is 24.1 Å². The molecule has 0 bridgehead atoms. The lowest BCUT2D eigenvalue weighted by Gasteiger charge is -2.32. The fourth-order valence-electron chi connectivity index (χ4n) is 3.43. The number of nitrogens with zero attached hydrogens (tertiary/aromatic N) is 2. The minimum absolute atomic E-state index is 0. The molecule has 1 unspecified atom stereocenters. The van der Waals surface area contributed by atoms with Gasteiger partial charge in [0, 0.05) is 45.3 Å². The largest absolute Gasteiger partial charge is 0.435 e. The van der Waals surface area contributed by atoms with Crippen molar-refractivity contribution in [2.75, 3.05) is 39.3 Å². The number of carbonyl (C=O) groups excluding carboxylic acids is 1. The molecule has 0 saturated carbocycles. The van der Waals surface area contributed by atoms with Crippen molar-refractivity contribution in [1.29, 1.82) is 0 Å². The van der Waals surface area contributed by atoms with E-state index in [-0.39, 0.29) is 30.5 Å². The smallest absolute Gasteiger partial charge is 0.387 e. The quantitative estimate of drug-likeness (QED) is 0.851. The number of nitrogens with one attached hydrogen (secondary N) is 1. The normalized spacial score (nSPS) is 21.2. The second-order valence-corrected chi connectivity index (χ2v) is 6.27. The van der Waals surface area contributed by atoms with Crippen molar-refractivity contribution >= 4 is 18.3 Å². The van der Waals surface area contributed by atoms with Gasteiger partial charge in [-0.2, -0.15) is 8.78 Å². The summed E-state index contributed by atoms with van der Waals surface area (Å²) in [4.78, 5) is 16.8. The van der Waals surface area contributed by atoms with Crippen LogP contribution < -0.4 is 10.1 Å². The number of hydrogen-bond donors (Lipinski definition) is 1. The van der Waals surface area contributed by atoms with Crippen LogP contribution in [-0.2, 0) is 11.2 Å². The van der Waals surface area contributed by atoms with E-state index in [1.807, 2.05) is 4.90 Å². The zero-order valence-corrected chi connectivity index (χ0v) is 14.8. The summed E-state index contributed by atoms with van der Waals surface area (Å²) in [5.41, 5.74) is 0.698. The molecule has 1 N–H and O–H groups in total. The fraction of sp³-hybridized carbons (Fsp3) is 0.588. The Balaban J connectivity index is 0.00000225. The Morgan fingerprint density at radius 2 is 2.04 bits per heavy atom. The standard InChI is InChI=1S/C17H23F2N3O2.ClH/c18-17(19)24-15-3-1-2-13(10-15)11-16(23)22-7-4-14(12-22)21-8-5-20-6-9-21;/h1-3,10,14,17,20H,4-9,11-12H2;1H. The van der Waals surface area contributed by atoms with Gasteiger partial charge in [-0.25, -0.2) is 0 Å². The Hall–Kier alpha value is -1.44. The van der Waals surface area contributed by atoms with Gasteiger partial charge in [0.05, 0.1) is 6.42 Å². The number of piperazine rings is 1. The summed E-state index contributed by atoms with van der Waals surface area (Å²) in [7, 11) is 0. The van der Waals surface area contributed by atoms with Gasteiger partial charge in [-0.3, -0.25) is 9.69 Å². The summed E-state index contributed by atoms with van der Waals surface area (Å²) in [6.45, 7) is 2.73. The maximum absolute atomic E-state index is 12.5. The van der Waals surface area contributed by atoms with Gasteiger partial charge >= 0.3 is 6.61 Å². The summed E-state index contributed by atoms with van der Waals surface area (Å²) < 4.78 is 28.9. The zero-order chi connectivity index (χ0) is 16.9. The molecule has 2 aliphatic rings. The second-order valence-electron chi connectivity index (χ2n) is 6.27. The molecule has 2 aliphatic heterocycles. The SMILES string of the molecule is Cl.O=C(Cc1cccc(OC(F)F)c1)N1CCC(N2CCNCC2)C1. The third-order valence-corrected chi connectivity index (χ3v) is 4.66. The number of alkyl halides is 2. The molecule has 25 heavy (non-hydrogen) atoms. The molecule has 2 fully saturated rings. The van der Waals surface area contributed by atoms with E-state index in [9.17, 15) is 13.6 Å². The first-order valence-corrected chi connectivity index (χ1v) is 8.38. The molecule has 1 aromatic rings. The average Bonchev–Trinajstić information content (AvgIpc) is 3.05. The van der Waals surface area contributed by atoms with Crippen molar-refractivity contribution < 1.29 is 18.3 Å². The lowest BCUT2D eigenvalue weighted by molar-refractivity contribution is -0.129. The maximum atomic E-state index is 12.5. The van der Waals surface area contributed by atoms with Gasteiger partial charge in [-0.15, -0.1) is 12.4 Å². The first kappa shape index (κ1) is 19.9. The summed E-state index contributed by atoms with van der Waals surface area (Å²) >= 11 is 0. The Morgan fingerprint density at radius 3 is 2.76 bits per heavy atom. The number of benzene rings is 1. The van der Waals surface area contributed by atoms with Crippen LogP contribution in [0.25, 0.3) is 0 Å². The van der Waals surface area contributed by atoms with E-state index in [4.69, 9.17) is 0 Å². The van der Waals surface area contributed by atoms with Crippen molar-refractivity contribution in [3.05, 3.63) is 29.8 Å². The summed E-state index contributed by atoms with van der Waals surface area (Å²) in [6.07, 6.45) is 1.22. The minimum Gasteiger partial charge on any atom is -0.435 e. The fourth-order valence-corrected chi connectivity index (χ4v) is 3.43. The molecule has 140 valence electrons. The Bertz CT molecular complexity index is 571. The number of hydrogen-bond acceptors (Lipinski definition) is 4. The van der Waals surface area contributed by atoms with Crippen molar-refractivity contribution in [2.24, 2.45) is 0 Å². The van der Waals surface area contributed by atoms with Gasteiger partial charge in [0.2, 0.25) is 5.91 Å². The highest BCUT2D eigenvalue weighted by atomic mass is 35.5. The predicted molar refractivity (Wildman–Crippen MR) is 93.5 cm³/mol. The van der Waals surface area contributed by atoms with Crippen LogP contribution in [0, 0.1) is 0 Å². The molecule has 0 spiro atoms. The van der Waals surface area contributed by atoms with Crippen LogP contribution in [0.3, 0.4) is 0 Å². The number of rotatable bonds is 5. The van der Waals surface area contributed by atoms with Crippen molar-refractivity contribution in [2.45, 2.75) is 25.5 Å². The maximum Gasteiger partial charge on any atom is 0.387 e. The third kappa shape index (κ3) is 5.52. The summed E-state index contributed by atoms with van der Waals surface area (Å²) in [5, 5.41) is 3.34. The third-order valence-electron chi connectivity index (χ3n) is 4.66. The lowest BCUT2D eigenvalue weighted by Crippen LogP contribution is -2.49. The summed E-state index contributed by atoms with van der Waals surface area (Å²) in [6, 6.07) is 6.81. The van der Waals surface area contributed by atoms with Crippen LogP contribution in [0.1, 0.15) is 12.0 Å². The number of carbonyl (C=O) groups is 1. The molecule has 1 atom stereocenters. The molecule has 2 heterocycles. The van der Waals surface area contributed by atoms with E-state index in [1.165, 1.54) is 12.1 Å². The van der Waals surface area contributed by atoms with Crippen LogP contribution in [-0.4, -0.2) is 67.6 Å². The Morgan fingerprint density at radius 1 is 1.28 bits per heavy atom. The van der Waals surface area contributed by atoms with Gasteiger partial charge in [0.1, 0.15) is 5.75 Å². The van der Waals surface area contributed by atoms with Gasteiger partial charge in [0.15, 0.2) is 0 Å². The molecular formula is C17H24ClF2N3O2. The van der Waals surface area contributed by atoms with Crippen LogP contribution in [0.5, 0.6) is 5.75 Å². The van der Waals surface area contributed by atoms with E-state index in [0.29, 0.717) is 11.6 Å². The van der Waals surface area contributed by atoms with Crippen LogP contribution in [0.2, 0.25) is 0 Å². The van der Waals surface area contributed by atoms with Gasteiger partial charge in [0.25, 0.3) is 0 Å². The Kier molecular flexibility index (Phi) is 7.40. The van der Waals surface area contributed by atoms with E-state index >= 15 is 0 Å². The lowest BCUT2D eigenvalue weighted by atomic mass is 10.1. The molecule has 2 saturated heterocycles. The number of likely N-dealkylation sites (tertiary alicyclic amines) is 1.